The van der Waals surface area contributed by atoms with Gasteiger partial charge in [0, 0.05) is 17.6 Å². The van der Waals surface area contributed by atoms with Gasteiger partial charge in [-0.3, -0.25) is 9.55 Å². The predicted molar refractivity (Wildman–Crippen MR) is 75.2 cm³/mol. The van der Waals surface area contributed by atoms with Crippen LogP contribution in [0.1, 0.15) is 5.69 Å². The number of thioether (sulfide) groups is 1. The summed E-state index contributed by atoms with van der Waals surface area (Å²) in [6, 6.07) is 16.0. The molecule has 0 aliphatic heterocycles. The van der Waals surface area contributed by atoms with E-state index in [0.29, 0.717) is 0 Å². The predicted octanol–water partition coefficient (Wildman–Crippen LogP) is 2.95. The number of pyridine rings is 1. The van der Waals surface area contributed by atoms with Gasteiger partial charge in [-0.1, -0.05) is 36.0 Å². The minimum atomic E-state index is 0.784. The van der Waals surface area contributed by atoms with Gasteiger partial charge in [-0.25, -0.2) is 0 Å². The van der Waals surface area contributed by atoms with Crippen LogP contribution >= 0.6 is 11.8 Å². The van der Waals surface area contributed by atoms with Crippen LogP contribution in [0.15, 0.2) is 66.2 Å². The van der Waals surface area contributed by atoms with E-state index in [-0.39, 0.29) is 0 Å². The van der Waals surface area contributed by atoms with Crippen molar-refractivity contribution in [1.29, 1.82) is 0 Å². The van der Waals surface area contributed by atoms with Crippen molar-refractivity contribution < 1.29 is 0 Å². The molecule has 2 aromatic heterocycles. The first-order valence-corrected chi connectivity index (χ1v) is 6.90. The Labute approximate surface area is 115 Å². The van der Waals surface area contributed by atoms with Crippen LogP contribution in [-0.4, -0.2) is 19.7 Å². The minimum absolute atomic E-state index is 0.784. The lowest BCUT2D eigenvalue weighted by atomic mass is 10.3. The lowest BCUT2D eigenvalue weighted by Crippen LogP contribution is -1.95. The molecule has 3 rings (SSSR count). The fourth-order valence-corrected chi connectivity index (χ4v) is 2.55. The number of aromatic nitrogens is 4. The summed E-state index contributed by atoms with van der Waals surface area (Å²) < 4.78 is 1.98. The maximum Gasteiger partial charge on any atom is 0.195 e. The van der Waals surface area contributed by atoms with Gasteiger partial charge in [0.1, 0.15) is 6.33 Å². The van der Waals surface area contributed by atoms with Crippen molar-refractivity contribution in [2.45, 2.75) is 10.9 Å². The molecule has 3 aromatic rings. The lowest BCUT2D eigenvalue weighted by molar-refractivity contribution is 0.883. The van der Waals surface area contributed by atoms with Crippen LogP contribution in [0.25, 0.3) is 5.69 Å². The monoisotopic (exact) mass is 268 g/mol. The van der Waals surface area contributed by atoms with Crippen LogP contribution in [0.2, 0.25) is 0 Å². The molecule has 1 aromatic carbocycles. The molecule has 0 saturated carbocycles. The molecule has 0 atom stereocenters. The van der Waals surface area contributed by atoms with Gasteiger partial charge in [-0.15, -0.1) is 10.2 Å². The number of hydrogen-bond donors (Lipinski definition) is 0. The van der Waals surface area contributed by atoms with Gasteiger partial charge in [-0.05, 0) is 24.3 Å². The summed E-state index contributed by atoms with van der Waals surface area (Å²) in [7, 11) is 0. The van der Waals surface area contributed by atoms with Crippen molar-refractivity contribution >= 4 is 11.8 Å². The first-order valence-electron chi connectivity index (χ1n) is 5.91. The molecule has 2 heterocycles. The highest BCUT2D eigenvalue weighted by atomic mass is 32.2. The van der Waals surface area contributed by atoms with E-state index in [9.17, 15) is 0 Å². The summed E-state index contributed by atoms with van der Waals surface area (Å²) in [5.74, 6) is 0.784. The van der Waals surface area contributed by atoms with Gasteiger partial charge in [0.15, 0.2) is 5.16 Å². The number of benzene rings is 1. The fraction of sp³-hybridized carbons (Fsp3) is 0.0714. The first kappa shape index (κ1) is 11.9. The lowest BCUT2D eigenvalue weighted by Gasteiger charge is -2.05. The number of nitrogens with zero attached hydrogens (tertiary/aromatic N) is 4. The normalized spacial score (nSPS) is 10.5. The van der Waals surface area contributed by atoms with E-state index in [2.05, 4.69) is 15.2 Å². The summed E-state index contributed by atoms with van der Waals surface area (Å²) in [4.78, 5) is 4.30. The van der Waals surface area contributed by atoms with Crippen LogP contribution in [0.3, 0.4) is 0 Å². The number of rotatable bonds is 4. The number of para-hydroxylation sites is 1. The van der Waals surface area contributed by atoms with Crippen molar-refractivity contribution in [1.82, 2.24) is 19.7 Å². The van der Waals surface area contributed by atoms with Gasteiger partial charge in [0.25, 0.3) is 0 Å². The highest BCUT2D eigenvalue weighted by molar-refractivity contribution is 7.98. The third kappa shape index (κ3) is 2.82. The number of hydrogen-bond acceptors (Lipinski definition) is 4. The van der Waals surface area contributed by atoms with Crippen molar-refractivity contribution in [3.8, 4) is 5.69 Å². The minimum Gasteiger partial charge on any atom is -0.277 e. The molecule has 0 fully saturated rings. The van der Waals surface area contributed by atoms with Crippen LogP contribution < -0.4 is 0 Å². The SMILES string of the molecule is c1ccc(-n2cnnc2SCc2ccccn2)cc1. The van der Waals surface area contributed by atoms with Crippen molar-refractivity contribution in [3.63, 3.8) is 0 Å². The topological polar surface area (TPSA) is 43.6 Å². The molecule has 0 amide bonds. The van der Waals surface area contributed by atoms with E-state index in [1.807, 2.05) is 53.1 Å². The van der Waals surface area contributed by atoms with E-state index < -0.39 is 0 Å². The first-order chi connectivity index (χ1) is 9.43. The Kier molecular flexibility index (Phi) is 3.56. The summed E-state index contributed by atoms with van der Waals surface area (Å²) >= 11 is 1.63. The van der Waals surface area contributed by atoms with Gasteiger partial charge in [0.2, 0.25) is 0 Å². The molecule has 0 N–H and O–H groups in total. The fourth-order valence-electron chi connectivity index (χ4n) is 1.71. The molecule has 0 radical (unpaired) electrons. The largest absolute Gasteiger partial charge is 0.277 e. The molecular formula is C14H12N4S. The molecule has 5 heteroatoms. The molecule has 0 unspecified atom stereocenters. The van der Waals surface area contributed by atoms with Crippen LogP contribution in [0.4, 0.5) is 0 Å². The Bertz CT molecular complexity index is 637. The molecule has 0 spiro atoms. The van der Waals surface area contributed by atoms with E-state index >= 15 is 0 Å². The Morgan fingerprint density at radius 3 is 2.63 bits per heavy atom. The maximum atomic E-state index is 4.30. The van der Waals surface area contributed by atoms with E-state index in [1.165, 1.54) is 0 Å². The van der Waals surface area contributed by atoms with Crippen LogP contribution in [0.5, 0.6) is 0 Å². The average Bonchev–Trinajstić information content (AvgIpc) is 2.95. The zero-order chi connectivity index (χ0) is 12.9. The second kappa shape index (κ2) is 5.67. The van der Waals surface area contributed by atoms with Crippen LogP contribution in [-0.2, 0) is 5.75 Å². The van der Waals surface area contributed by atoms with Crippen molar-refractivity contribution in [2.75, 3.05) is 0 Å². The summed E-state index contributed by atoms with van der Waals surface area (Å²) in [5, 5.41) is 9.01. The molecule has 0 saturated heterocycles. The second-order valence-electron chi connectivity index (χ2n) is 3.93. The van der Waals surface area contributed by atoms with Gasteiger partial charge >= 0.3 is 0 Å². The molecule has 19 heavy (non-hydrogen) atoms. The van der Waals surface area contributed by atoms with Crippen molar-refractivity contribution in [2.24, 2.45) is 0 Å². The Hall–Kier alpha value is -2.14. The van der Waals surface area contributed by atoms with Gasteiger partial charge < -0.3 is 0 Å². The Morgan fingerprint density at radius 2 is 1.84 bits per heavy atom. The standard InChI is InChI=1S/C14H12N4S/c1-2-7-13(8-3-1)18-11-16-17-14(18)19-10-12-6-4-5-9-15-12/h1-9,11H,10H2. The van der Waals surface area contributed by atoms with Gasteiger partial charge in [-0.2, -0.15) is 0 Å². The van der Waals surface area contributed by atoms with Gasteiger partial charge in [0.05, 0.1) is 5.69 Å². The third-order valence-electron chi connectivity index (χ3n) is 2.63. The van der Waals surface area contributed by atoms with E-state index in [1.54, 1.807) is 24.3 Å². The van der Waals surface area contributed by atoms with Crippen LogP contribution in [0, 0.1) is 0 Å². The molecular weight excluding hydrogens is 256 g/mol. The molecule has 0 aliphatic rings. The van der Waals surface area contributed by atoms with Crippen molar-refractivity contribution in [3.05, 3.63) is 66.7 Å². The quantitative estimate of drug-likeness (QED) is 0.682. The molecule has 94 valence electrons. The zero-order valence-corrected chi connectivity index (χ0v) is 11.0. The summed E-state index contributed by atoms with van der Waals surface area (Å²) in [5.41, 5.74) is 2.10. The second-order valence-corrected chi connectivity index (χ2v) is 4.87. The zero-order valence-electron chi connectivity index (χ0n) is 10.2. The molecule has 0 bridgehead atoms. The molecule has 0 aliphatic carbocycles. The Balaban J connectivity index is 1.78. The molecule has 4 nitrogen and oxygen atoms in total. The van der Waals surface area contributed by atoms with E-state index in [0.717, 1.165) is 22.3 Å². The summed E-state index contributed by atoms with van der Waals surface area (Å²) in [6.45, 7) is 0. The third-order valence-corrected chi connectivity index (χ3v) is 3.60. The smallest absolute Gasteiger partial charge is 0.195 e. The van der Waals surface area contributed by atoms with E-state index in [4.69, 9.17) is 0 Å². The highest BCUT2D eigenvalue weighted by Gasteiger charge is 2.07. The average molecular weight is 268 g/mol. The maximum absolute atomic E-state index is 4.30. The summed E-state index contributed by atoms with van der Waals surface area (Å²) in [6.07, 6.45) is 3.54. The highest BCUT2D eigenvalue weighted by Crippen LogP contribution is 2.22. The Morgan fingerprint density at radius 1 is 1.00 bits per heavy atom.